The maximum atomic E-state index is 13.8. The van der Waals surface area contributed by atoms with Gasteiger partial charge in [-0.05, 0) is 38.8 Å². The molecule has 1 aromatic carbocycles. The fourth-order valence-corrected chi connectivity index (χ4v) is 2.53. The van der Waals surface area contributed by atoms with E-state index in [-0.39, 0.29) is 11.4 Å². The predicted octanol–water partition coefficient (Wildman–Crippen LogP) is 3.12. The summed E-state index contributed by atoms with van der Waals surface area (Å²) >= 11 is 0. The predicted molar refractivity (Wildman–Crippen MR) is 60.3 cm³/mol. The van der Waals surface area contributed by atoms with Crippen molar-refractivity contribution in [3.8, 4) is 0 Å². The van der Waals surface area contributed by atoms with E-state index < -0.39 is 0 Å². The van der Waals surface area contributed by atoms with Crippen LogP contribution < -0.4 is 5.32 Å². The van der Waals surface area contributed by atoms with Gasteiger partial charge in [-0.3, -0.25) is 0 Å². The van der Waals surface area contributed by atoms with Crippen LogP contribution >= 0.6 is 0 Å². The van der Waals surface area contributed by atoms with Crippen LogP contribution in [0.25, 0.3) is 0 Å². The Hall–Kier alpha value is -0.890. The van der Waals surface area contributed by atoms with Crippen molar-refractivity contribution in [2.24, 2.45) is 0 Å². The van der Waals surface area contributed by atoms with Crippen molar-refractivity contribution >= 4 is 0 Å². The van der Waals surface area contributed by atoms with E-state index in [0.717, 1.165) is 36.9 Å². The van der Waals surface area contributed by atoms with Crippen molar-refractivity contribution in [3.05, 3.63) is 35.1 Å². The topological polar surface area (TPSA) is 12.0 Å². The van der Waals surface area contributed by atoms with Crippen molar-refractivity contribution < 1.29 is 4.39 Å². The number of aryl methyl sites for hydroxylation is 1. The molecule has 1 fully saturated rings. The number of rotatable bonds is 2. The van der Waals surface area contributed by atoms with Gasteiger partial charge in [0, 0.05) is 11.1 Å². The molecule has 1 nitrogen and oxygen atoms in total. The van der Waals surface area contributed by atoms with E-state index in [1.54, 1.807) is 6.07 Å². The molecule has 1 unspecified atom stereocenters. The smallest absolute Gasteiger partial charge is 0.128 e. The highest BCUT2D eigenvalue weighted by Gasteiger charge is 2.35. The molecule has 1 heterocycles. The van der Waals surface area contributed by atoms with Gasteiger partial charge in [0.05, 0.1) is 0 Å². The van der Waals surface area contributed by atoms with E-state index in [9.17, 15) is 4.39 Å². The van der Waals surface area contributed by atoms with Crippen LogP contribution in [0.5, 0.6) is 0 Å². The quantitative estimate of drug-likeness (QED) is 0.785. The van der Waals surface area contributed by atoms with Crippen LogP contribution in [-0.2, 0) is 5.54 Å². The first-order valence-corrected chi connectivity index (χ1v) is 5.69. The lowest BCUT2D eigenvalue weighted by Crippen LogP contribution is -2.36. The average Bonchev–Trinajstić information content (AvgIpc) is 2.71. The first kappa shape index (κ1) is 10.6. The summed E-state index contributed by atoms with van der Waals surface area (Å²) in [6, 6.07) is 5.40. The molecule has 82 valence electrons. The van der Waals surface area contributed by atoms with Gasteiger partial charge >= 0.3 is 0 Å². The number of halogens is 1. The third-order valence-corrected chi connectivity index (χ3v) is 3.48. The zero-order valence-corrected chi connectivity index (χ0v) is 9.44. The van der Waals surface area contributed by atoms with Crippen LogP contribution in [0.1, 0.15) is 37.3 Å². The van der Waals surface area contributed by atoms with Gasteiger partial charge in [-0.25, -0.2) is 4.39 Å². The van der Waals surface area contributed by atoms with Crippen molar-refractivity contribution in [1.82, 2.24) is 5.32 Å². The molecule has 1 aliphatic heterocycles. The second-order valence-corrected chi connectivity index (χ2v) is 4.45. The summed E-state index contributed by atoms with van der Waals surface area (Å²) in [6.07, 6.45) is 3.14. The van der Waals surface area contributed by atoms with Gasteiger partial charge in [0.1, 0.15) is 5.82 Å². The molecule has 0 bridgehead atoms. The van der Waals surface area contributed by atoms with Gasteiger partial charge in [0.25, 0.3) is 0 Å². The zero-order valence-electron chi connectivity index (χ0n) is 9.44. The van der Waals surface area contributed by atoms with Gasteiger partial charge < -0.3 is 5.32 Å². The number of benzene rings is 1. The molecule has 0 saturated carbocycles. The van der Waals surface area contributed by atoms with Gasteiger partial charge in [0.15, 0.2) is 0 Å². The van der Waals surface area contributed by atoms with Gasteiger partial charge in [-0.15, -0.1) is 0 Å². The molecule has 1 aromatic rings. The normalized spacial score (nSPS) is 25.8. The summed E-state index contributed by atoms with van der Waals surface area (Å²) in [5.74, 6) is -0.0724. The maximum absolute atomic E-state index is 13.8. The van der Waals surface area contributed by atoms with Crippen molar-refractivity contribution in [1.29, 1.82) is 0 Å². The zero-order chi connectivity index (χ0) is 10.9. The molecule has 0 spiro atoms. The second kappa shape index (κ2) is 3.93. The van der Waals surface area contributed by atoms with E-state index in [2.05, 4.69) is 12.2 Å². The second-order valence-electron chi connectivity index (χ2n) is 4.45. The molecule has 0 radical (unpaired) electrons. The molecule has 0 aliphatic carbocycles. The van der Waals surface area contributed by atoms with Gasteiger partial charge in [-0.1, -0.05) is 24.6 Å². The van der Waals surface area contributed by atoms with Crippen molar-refractivity contribution in [2.45, 2.75) is 38.6 Å². The van der Waals surface area contributed by atoms with Gasteiger partial charge in [0.2, 0.25) is 0 Å². The minimum absolute atomic E-state index is 0.0724. The SMILES string of the molecule is CCC1(c2cc(C)ccc2F)CCCN1. The maximum Gasteiger partial charge on any atom is 0.128 e. The third-order valence-electron chi connectivity index (χ3n) is 3.48. The fraction of sp³-hybridized carbons (Fsp3) is 0.538. The highest BCUT2D eigenvalue weighted by Crippen LogP contribution is 2.35. The summed E-state index contributed by atoms with van der Waals surface area (Å²) in [5.41, 5.74) is 1.87. The highest BCUT2D eigenvalue weighted by atomic mass is 19.1. The summed E-state index contributed by atoms with van der Waals surface area (Å²) in [6.45, 7) is 5.14. The molecular formula is C13H18FN. The lowest BCUT2D eigenvalue weighted by atomic mass is 9.85. The molecular weight excluding hydrogens is 189 g/mol. The number of hydrogen-bond donors (Lipinski definition) is 1. The van der Waals surface area contributed by atoms with Crippen molar-refractivity contribution in [3.63, 3.8) is 0 Å². The van der Waals surface area contributed by atoms with Gasteiger partial charge in [-0.2, -0.15) is 0 Å². The average molecular weight is 207 g/mol. The summed E-state index contributed by atoms with van der Waals surface area (Å²) < 4.78 is 13.8. The largest absolute Gasteiger partial charge is 0.307 e. The molecule has 2 heteroatoms. The first-order valence-electron chi connectivity index (χ1n) is 5.69. The van der Waals surface area contributed by atoms with Crippen LogP contribution in [0.3, 0.4) is 0 Å². The Morgan fingerprint density at radius 1 is 1.47 bits per heavy atom. The summed E-state index contributed by atoms with van der Waals surface area (Å²) in [7, 11) is 0. The monoisotopic (exact) mass is 207 g/mol. The lowest BCUT2D eigenvalue weighted by molar-refractivity contribution is 0.359. The van der Waals surface area contributed by atoms with Crippen LogP contribution in [0, 0.1) is 12.7 Å². The Labute approximate surface area is 90.7 Å². The minimum Gasteiger partial charge on any atom is -0.307 e. The molecule has 1 saturated heterocycles. The molecule has 1 aliphatic rings. The number of hydrogen-bond acceptors (Lipinski definition) is 1. The molecule has 0 aromatic heterocycles. The minimum atomic E-state index is -0.115. The number of nitrogens with one attached hydrogen (secondary N) is 1. The van der Waals surface area contributed by atoms with Crippen LogP contribution in [0.15, 0.2) is 18.2 Å². The van der Waals surface area contributed by atoms with E-state index in [0.29, 0.717) is 0 Å². The summed E-state index contributed by atoms with van der Waals surface area (Å²) in [4.78, 5) is 0. The Balaban J connectivity index is 2.46. The highest BCUT2D eigenvalue weighted by molar-refractivity contribution is 5.31. The summed E-state index contributed by atoms with van der Waals surface area (Å²) in [5, 5.41) is 3.46. The van der Waals surface area contributed by atoms with Crippen LogP contribution in [0.4, 0.5) is 4.39 Å². The molecule has 1 atom stereocenters. The molecule has 0 amide bonds. The van der Waals surface area contributed by atoms with Crippen molar-refractivity contribution in [2.75, 3.05) is 6.54 Å². The standard InChI is InChI=1S/C13H18FN/c1-3-13(7-4-8-15-13)11-9-10(2)5-6-12(11)14/h5-6,9,15H,3-4,7-8H2,1-2H3. The Kier molecular flexibility index (Phi) is 2.79. The van der Waals surface area contributed by atoms with E-state index >= 15 is 0 Å². The van der Waals surface area contributed by atoms with E-state index in [1.807, 2.05) is 19.1 Å². The Morgan fingerprint density at radius 3 is 2.87 bits per heavy atom. The van der Waals surface area contributed by atoms with E-state index in [4.69, 9.17) is 0 Å². The first-order chi connectivity index (χ1) is 7.18. The molecule has 15 heavy (non-hydrogen) atoms. The van der Waals surface area contributed by atoms with Crippen LogP contribution in [0.2, 0.25) is 0 Å². The van der Waals surface area contributed by atoms with E-state index in [1.165, 1.54) is 0 Å². The molecule has 1 N–H and O–H groups in total. The molecule has 2 rings (SSSR count). The fourth-order valence-electron chi connectivity index (χ4n) is 2.53. The lowest BCUT2D eigenvalue weighted by Gasteiger charge is -2.29. The Morgan fingerprint density at radius 2 is 2.27 bits per heavy atom. The third kappa shape index (κ3) is 1.78. The Bertz CT molecular complexity index is 354. The van der Waals surface area contributed by atoms with Crippen LogP contribution in [-0.4, -0.2) is 6.54 Å².